The highest BCUT2D eigenvalue weighted by atomic mass is 16.5. The van der Waals surface area contributed by atoms with Gasteiger partial charge in [0, 0.05) is 0 Å². The molecular weight excluding hydrogens is 270 g/mol. The van der Waals surface area contributed by atoms with Crippen LogP contribution in [0.15, 0.2) is 52.9 Å². The molecule has 0 amide bonds. The van der Waals surface area contributed by atoms with E-state index in [0.29, 0.717) is 30.0 Å². The van der Waals surface area contributed by atoms with E-state index in [-0.39, 0.29) is 5.56 Å². The smallest absolute Gasteiger partial charge is 0.338 e. The second-order valence-electron chi connectivity index (χ2n) is 4.48. The van der Waals surface area contributed by atoms with E-state index in [1.54, 1.807) is 12.1 Å². The molecule has 3 rings (SSSR count). The summed E-state index contributed by atoms with van der Waals surface area (Å²) in [6.07, 6.45) is 0.475. The van der Waals surface area contributed by atoms with Crippen LogP contribution in [0, 0.1) is 0 Å². The average Bonchev–Trinajstić information content (AvgIpc) is 2.90. The minimum absolute atomic E-state index is 0.145. The Bertz CT molecular complexity index is 764. The number of aromatic nitrogens is 1. The second kappa shape index (κ2) is 5.66. The number of nitrogens with zero attached hydrogens (tertiary/aromatic N) is 1. The molecule has 1 aromatic heterocycles. The molecule has 0 spiro atoms. The lowest BCUT2D eigenvalue weighted by Gasteiger charge is -2.03. The fourth-order valence-electron chi connectivity index (χ4n) is 2.05. The number of fused-ring (bicyclic) bond motifs is 1. The van der Waals surface area contributed by atoms with E-state index in [1.807, 2.05) is 30.3 Å². The van der Waals surface area contributed by atoms with Gasteiger partial charge in [-0.15, -0.1) is 0 Å². The van der Waals surface area contributed by atoms with Crippen molar-refractivity contribution in [1.29, 1.82) is 0 Å². The van der Waals surface area contributed by atoms with Crippen molar-refractivity contribution in [2.45, 2.75) is 6.42 Å². The number of carboxylic acids is 1. The summed E-state index contributed by atoms with van der Waals surface area (Å²) in [7, 11) is 0. The van der Waals surface area contributed by atoms with Gasteiger partial charge in [0.15, 0.2) is 11.5 Å². The number of benzene rings is 2. The van der Waals surface area contributed by atoms with E-state index < -0.39 is 5.97 Å². The van der Waals surface area contributed by atoms with E-state index in [0.717, 1.165) is 5.75 Å². The molecular formula is C16H13NO4. The van der Waals surface area contributed by atoms with E-state index in [1.165, 1.54) is 6.07 Å². The van der Waals surface area contributed by atoms with E-state index in [4.69, 9.17) is 14.3 Å². The van der Waals surface area contributed by atoms with Crippen LogP contribution in [-0.2, 0) is 6.42 Å². The Morgan fingerprint density at radius 2 is 1.95 bits per heavy atom. The number of hydrogen-bond acceptors (Lipinski definition) is 4. The molecule has 0 aliphatic heterocycles. The van der Waals surface area contributed by atoms with Gasteiger partial charge in [0.25, 0.3) is 0 Å². The van der Waals surface area contributed by atoms with Crippen LogP contribution in [0.2, 0.25) is 0 Å². The molecule has 1 N–H and O–H groups in total. The summed E-state index contributed by atoms with van der Waals surface area (Å²) in [5.74, 6) is 0.232. The maximum absolute atomic E-state index is 11.1. The fourth-order valence-corrected chi connectivity index (χ4v) is 2.05. The minimum Gasteiger partial charge on any atom is -0.493 e. The molecule has 0 atom stereocenters. The van der Waals surface area contributed by atoms with Gasteiger partial charge in [-0.1, -0.05) is 24.3 Å². The van der Waals surface area contributed by atoms with Crippen LogP contribution in [0.4, 0.5) is 0 Å². The molecule has 0 bridgehead atoms. The zero-order valence-electron chi connectivity index (χ0n) is 11.2. The first kappa shape index (κ1) is 13.2. The van der Waals surface area contributed by atoms with Crippen molar-refractivity contribution < 1.29 is 19.1 Å². The van der Waals surface area contributed by atoms with Gasteiger partial charge in [0.05, 0.1) is 18.6 Å². The molecule has 0 unspecified atom stereocenters. The first-order valence-electron chi connectivity index (χ1n) is 6.53. The van der Waals surface area contributed by atoms with Gasteiger partial charge >= 0.3 is 5.97 Å². The zero-order valence-corrected chi connectivity index (χ0v) is 11.2. The number of para-hydroxylation sites is 2. The highest BCUT2D eigenvalue weighted by Gasteiger charge is 2.14. The van der Waals surface area contributed by atoms with Gasteiger partial charge in [0.1, 0.15) is 11.3 Å². The molecule has 2 aromatic carbocycles. The van der Waals surface area contributed by atoms with Crippen molar-refractivity contribution in [3.05, 3.63) is 60.0 Å². The SMILES string of the molecule is O=C(O)c1cccc2oc(CCOc3ccccc3)nc12. The molecule has 0 saturated heterocycles. The van der Waals surface area contributed by atoms with Gasteiger partial charge in [-0.25, -0.2) is 9.78 Å². The number of carbonyl (C=O) groups is 1. The molecule has 21 heavy (non-hydrogen) atoms. The maximum atomic E-state index is 11.1. The Hall–Kier alpha value is -2.82. The first-order chi connectivity index (χ1) is 10.2. The van der Waals surface area contributed by atoms with Crippen LogP contribution in [0.1, 0.15) is 16.2 Å². The zero-order chi connectivity index (χ0) is 14.7. The molecule has 0 saturated carbocycles. The monoisotopic (exact) mass is 283 g/mol. The van der Waals surface area contributed by atoms with E-state index in [2.05, 4.69) is 4.98 Å². The van der Waals surface area contributed by atoms with Crippen LogP contribution >= 0.6 is 0 Å². The summed E-state index contributed by atoms with van der Waals surface area (Å²) in [4.78, 5) is 15.4. The van der Waals surface area contributed by atoms with Crippen molar-refractivity contribution in [3.63, 3.8) is 0 Å². The molecule has 0 radical (unpaired) electrons. The van der Waals surface area contributed by atoms with Crippen LogP contribution in [-0.4, -0.2) is 22.7 Å². The van der Waals surface area contributed by atoms with Crippen molar-refractivity contribution in [1.82, 2.24) is 4.98 Å². The van der Waals surface area contributed by atoms with Gasteiger partial charge < -0.3 is 14.3 Å². The average molecular weight is 283 g/mol. The van der Waals surface area contributed by atoms with Crippen LogP contribution in [0.3, 0.4) is 0 Å². The van der Waals surface area contributed by atoms with Crippen molar-refractivity contribution in [2.75, 3.05) is 6.61 Å². The lowest BCUT2D eigenvalue weighted by molar-refractivity contribution is 0.0699. The number of hydrogen-bond donors (Lipinski definition) is 1. The fraction of sp³-hybridized carbons (Fsp3) is 0.125. The number of carboxylic acid groups (broad SMARTS) is 1. The molecule has 0 fully saturated rings. The molecule has 5 heteroatoms. The van der Waals surface area contributed by atoms with Gasteiger partial charge in [-0.3, -0.25) is 0 Å². The summed E-state index contributed by atoms with van der Waals surface area (Å²) >= 11 is 0. The Morgan fingerprint density at radius 3 is 2.71 bits per heavy atom. The van der Waals surface area contributed by atoms with Crippen LogP contribution in [0.5, 0.6) is 5.75 Å². The number of aromatic carboxylic acids is 1. The Labute approximate surface area is 120 Å². The van der Waals surface area contributed by atoms with Crippen molar-refractivity contribution in [3.8, 4) is 5.75 Å². The molecule has 0 aliphatic rings. The molecule has 1 heterocycles. The lowest BCUT2D eigenvalue weighted by Crippen LogP contribution is -2.01. The first-order valence-corrected chi connectivity index (χ1v) is 6.53. The Morgan fingerprint density at radius 1 is 1.14 bits per heavy atom. The molecule has 106 valence electrons. The molecule has 0 aliphatic carbocycles. The quantitative estimate of drug-likeness (QED) is 0.778. The summed E-state index contributed by atoms with van der Waals surface area (Å²) in [6.45, 7) is 0.416. The number of oxazole rings is 1. The summed E-state index contributed by atoms with van der Waals surface area (Å²) < 4.78 is 11.1. The van der Waals surface area contributed by atoms with Crippen LogP contribution < -0.4 is 4.74 Å². The number of rotatable bonds is 5. The summed E-state index contributed by atoms with van der Waals surface area (Å²) in [6, 6.07) is 14.3. The maximum Gasteiger partial charge on any atom is 0.338 e. The third kappa shape index (κ3) is 2.86. The van der Waals surface area contributed by atoms with Gasteiger partial charge in [-0.05, 0) is 24.3 Å². The predicted molar refractivity (Wildman–Crippen MR) is 76.6 cm³/mol. The third-order valence-corrected chi connectivity index (χ3v) is 3.02. The Kier molecular flexibility index (Phi) is 3.55. The normalized spacial score (nSPS) is 10.7. The standard InChI is InChI=1S/C16H13NO4/c18-16(19)12-7-4-8-13-15(12)17-14(21-13)9-10-20-11-5-2-1-3-6-11/h1-8H,9-10H2,(H,18,19). The topological polar surface area (TPSA) is 72.6 Å². The summed E-state index contributed by atoms with van der Waals surface area (Å²) in [5.41, 5.74) is 0.996. The van der Waals surface area contributed by atoms with Crippen molar-refractivity contribution in [2.24, 2.45) is 0 Å². The van der Waals surface area contributed by atoms with Crippen LogP contribution in [0.25, 0.3) is 11.1 Å². The van der Waals surface area contributed by atoms with Crippen molar-refractivity contribution >= 4 is 17.1 Å². The lowest BCUT2D eigenvalue weighted by atomic mass is 10.2. The minimum atomic E-state index is -1.01. The Balaban J connectivity index is 1.73. The second-order valence-corrected chi connectivity index (χ2v) is 4.48. The highest BCUT2D eigenvalue weighted by Crippen LogP contribution is 2.20. The molecule has 5 nitrogen and oxygen atoms in total. The third-order valence-electron chi connectivity index (χ3n) is 3.02. The predicted octanol–water partition coefficient (Wildman–Crippen LogP) is 3.15. The number of ether oxygens (including phenoxy) is 1. The molecule has 3 aromatic rings. The highest BCUT2D eigenvalue weighted by molar-refractivity contribution is 6.00. The van der Waals surface area contributed by atoms with E-state index >= 15 is 0 Å². The van der Waals surface area contributed by atoms with Gasteiger partial charge in [0.2, 0.25) is 0 Å². The summed E-state index contributed by atoms with van der Waals surface area (Å²) in [5, 5.41) is 9.11. The van der Waals surface area contributed by atoms with Gasteiger partial charge in [-0.2, -0.15) is 0 Å². The largest absolute Gasteiger partial charge is 0.493 e. The van der Waals surface area contributed by atoms with E-state index in [9.17, 15) is 4.79 Å².